The van der Waals surface area contributed by atoms with Crippen molar-refractivity contribution in [1.82, 2.24) is 0 Å². The van der Waals surface area contributed by atoms with Crippen LogP contribution in [0.4, 0.5) is 26.3 Å². The zero-order chi connectivity index (χ0) is 16.1. The van der Waals surface area contributed by atoms with Gasteiger partial charge in [-0.1, -0.05) is 6.42 Å². The van der Waals surface area contributed by atoms with E-state index in [4.69, 9.17) is 0 Å². The second kappa shape index (κ2) is 5.05. The summed E-state index contributed by atoms with van der Waals surface area (Å²) in [5.74, 6) is -2.20. The van der Waals surface area contributed by atoms with Crippen LogP contribution in [0.3, 0.4) is 0 Å². The molecular formula is C13H16F6O2. The van der Waals surface area contributed by atoms with Crippen LogP contribution in [0.5, 0.6) is 0 Å². The Morgan fingerprint density at radius 2 is 1.62 bits per heavy atom. The average Bonchev–Trinajstić information content (AvgIpc) is 2.85. The Labute approximate surface area is 117 Å². The third-order valence-electron chi connectivity index (χ3n) is 4.67. The molecule has 0 aromatic carbocycles. The Bertz CT molecular complexity index is 400. The first kappa shape index (κ1) is 16.4. The van der Waals surface area contributed by atoms with Crippen LogP contribution in [0.25, 0.3) is 0 Å². The molecule has 0 aromatic rings. The van der Waals surface area contributed by atoms with E-state index in [9.17, 15) is 31.1 Å². The molecule has 122 valence electrons. The number of hydrogen-bond donors (Lipinski definition) is 0. The number of hydrogen-bond acceptors (Lipinski definition) is 2. The quantitative estimate of drug-likeness (QED) is 0.575. The van der Waals surface area contributed by atoms with Gasteiger partial charge in [0.25, 0.3) is 0 Å². The minimum absolute atomic E-state index is 0.130. The molecule has 0 aliphatic heterocycles. The van der Waals surface area contributed by atoms with Gasteiger partial charge in [0.2, 0.25) is 0 Å². The lowest BCUT2D eigenvalue weighted by atomic mass is 9.79. The van der Waals surface area contributed by atoms with Crippen LogP contribution in [0.15, 0.2) is 0 Å². The Kier molecular flexibility index (Phi) is 3.95. The summed E-state index contributed by atoms with van der Waals surface area (Å²) >= 11 is 0. The van der Waals surface area contributed by atoms with E-state index < -0.39 is 36.3 Å². The highest BCUT2D eigenvalue weighted by molar-refractivity contribution is 5.66. The summed E-state index contributed by atoms with van der Waals surface area (Å²) in [6, 6.07) is 0. The highest BCUT2D eigenvalue weighted by Crippen LogP contribution is 2.56. The van der Waals surface area contributed by atoms with Gasteiger partial charge in [-0.3, -0.25) is 4.79 Å². The van der Waals surface area contributed by atoms with Crippen molar-refractivity contribution in [1.29, 1.82) is 0 Å². The molecule has 3 atom stereocenters. The van der Waals surface area contributed by atoms with Gasteiger partial charge in [0, 0.05) is 13.3 Å². The number of esters is 1. The molecule has 2 rings (SSSR count). The van der Waals surface area contributed by atoms with Crippen LogP contribution < -0.4 is 0 Å². The van der Waals surface area contributed by atoms with E-state index in [0.717, 1.165) is 6.42 Å². The first-order valence-corrected chi connectivity index (χ1v) is 6.79. The summed E-state index contributed by atoms with van der Waals surface area (Å²) in [6.07, 6.45) is -10.0. The largest absolute Gasteiger partial charge is 0.440 e. The Hall–Kier alpha value is -0.950. The van der Waals surface area contributed by atoms with Crippen molar-refractivity contribution in [3.63, 3.8) is 0 Å². The monoisotopic (exact) mass is 318 g/mol. The predicted molar refractivity (Wildman–Crippen MR) is 60.2 cm³/mol. The lowest BCUT2D eigenvalue weighted by Gasteiger charge is -2.39. The SMILES string of the molecule is CC(=O)OC(CC1C[C@H]2CCC1C2)(C(F)(F)F)C(F)(F)F. The highest BCUT2D eigenvalue weighted by Gasteiger charge is 2.74. The van der Waals surface area contributed by atoms with Gasteiger partial charge in [0.1, 0.15) is 0 Å². The van der Waals surface area contributed by atoms with Crippen molar-refractivity contribution in [3.8, 4) is 0 Å². The molecule has 0 saturated heterocycles. The summed E-state index contributed by atoms with van der Waals surface area (Å²) in [5.41, 5.74) is -4.39. The van der Waals surface area contributed by atoms with Crippen molar-refractivity contribution in [2.45, 2.75) is 57.0 Å². The lowest BCUT2D eigenvalue weighted by Crippen LogP contribution is -2.60. The average molecular weight is 318 g/mol. The molecule has 2 aliphatic rings. The van der Waals surface area contributed by atoms with E-state index in [1.165, 1.54) is 0 Å². The second-order valence-corrected chi connectivity index (χ2v) is 6.06. The fraction of sp³-hybridized carbons (Fsp3) is 0.923. The number of fused-ring (bicyclic) bond motifs is 2. The molecule has 0 aromatic heterocycles. The molecule has 0 heterocycles. The lowest BCUT2D eigenvalue weighted by molar-refractivity contribution is -0.374. The Morgan fingerprint density at radius 1 is 1.05 bits per heavy atom. The number of halogens is 6. The van der Waals surface area contributed by atoms with Crippen molar-refractivity contribution in [3.05, 3.63) is 0 Å². The van der Waals surface area contributed by atoms with Crippen molar-refractivity contribution in [2.24, 2.45) is 17.8 Å². The fourth-order valence-corrected chi connectivity index (χ4v) is 3.79. The molecule has 2 aliphatic carbocycles. The second-order valence-electron chi connectivity index (χ2n) is 6.06. The molecule has 0 N–H and O–H groups in total. The number of carbonyl (C=O) groups is 1. The van der Waals surface area contributed by atoms with Gasteiger partial charge in [0.15, 0.2) is 0 Å². The molecular weight excluding hydrogens is 302 g/mol. The summed E-state index contributed by atoms with van der Waals surface area (Å²) in [4.78, 5) is 10.9. The molecule has 0 radical (unpaired) electrons. The third kappa shape index (κ3) is 2.85. The molecule has 2 saturated carbocycles. The minimum Gasteiger partial charge on any atom is -0.440 e. The number of carbonyl (C=O) groups excluding carboxylic acids is 1. The van der Waals surface area contributed by atoms with E-state index in [1.54, 1.807) is 0 Å². The molecule has 0 spiro atoms. The smallest absolute Gasteiger partial charge is 0.437 e. The Balaban J connectivity index is 2.32. The van der Waals surface area contributed by atoms with Gasteiger partial charge in [-0.15, -0.1) is 0 Å². The molecule has 0 amide bonds. The van der Waals surface area contributed by atoms with Crippen molar-refractivity contribution >= 4 is 5.97 Å². The van der Waals surface area contributed by atoms with Crippen LogP contribution in [0.1, 0.15) is 39.0 Å². The van der Waals surface area contributed by atoms with Gasteiger partial charge in [-0.2, -0.15) is 26.3 Å². The van der Waals surface area contributed by atoms with Gasteiger partial charge < -0.3 is 4.74 Å². The first-order chi connectivity index (χ1) is 9.46. The van der Waals surface area contributed by atoms with E-state index >= 15 is 0 Å². The van der Waals surface area contributed by atoms with Crippen LogP contribution >= 0.6 is 0 Å². The maximum Gasteiger partial charge on any atom is 0.437 e. The molecule has 2 nitrogen and oxygen atoms in total. The molecule has 2 fully saturated rings. The van der Waals surface area contributed by atoms with Gasteiger partial charge in [-0.05, 0) is 37.0 Å². The predicted octanol–water partition coefficient (Wildman–Crippen LogP) is 4.24. The first-order valence-electron chi connectivity index (χ1n) is 6.79. The van der Waals surface area contributed by atoms with Crippen molar-refractivity contribution in [2.75, 3.05) is 0 Å². The van der Waals surface area contributed by atoms with Gasteiger partial charge in [0.05, 0.1) is 0 Å². The summed E-state index contributed by atoms with van der Waals surface area (Å²) in [6.45, 7) is 0.563. The molecule has 2 bridgehead atoms. The number of ether oxygens (including phenoxy) is 1. The third-order valence-corrected chi connectivity index (χ3v) is 4.67. The summed E-state index contributed by atoms with van der Waals surface area (Å²) < 4.78 is 82.6. The standard InChI is InChI=1S/C13H16F6O2/c1-7(20)21-11(12(14,15)16,13(17,18)19)6-10-5-8-2-3-9(10)4-8/h8-10H,2-6H2,1H3/t8-,9?,10?/m0/s1. The van der Waals surface area contributed by atoms with E-state index in [0.29, 0.717) is 26.2 Å². The highest BCUT2D eigenvalue weighted by atomic mass is 19.4. The molecule has 2 unspecified atom stereocenters. The fourth-order valence-electron chi connectivity index (χ4n) is 3.79. The van der Waals surface area contributed by atoms with Gasteiger partial charge in [-0.25, -0.2) is 0 Å². The number of alkyl halides is 6. The maximum atomic E-state index is 13.1. The van der Waals surface area contributed by atoms with Crippen LogP contribution in [-0.2, 0) is 9.53 Å². The van der Waals surface area contributed by atoms with Crippen LogP contribution in [0.2, 0.25) is 0 Å². The van der Waals surface area contributed by atoms with E-state index in [-0.39, 0.29) is 11.8 Å². The minimum atomic E-state index is -5.68. The zero-order valence-electron chi connectivity index (χ0n) is 11.4. The van der Waals surface area contributed by atoms with Crippen LogP contribution in [0, 0.1) is 17.8 Å². The molecule has 8 heteroatoms. The van der Waals surface area contributed by atoms with E-state index in [2.05, 4.69) is 4.74 Å². The van der Waals surface area contributed by atoms with Crippen LogP contribution in [-0.4, -0.2) is 23.9 Å². The topological polar surface area (TPSA) is 26.3 Å². The normalized spacial score (nSPS) is 29.8. The number of rotatable bonds is 3. The van der Waals surface area contributed by atoms with Gasteiger partial charge >= 0.3 is 23.9 Å². The Morgan fingerprint density at radius 3 is 1.95 bits per heavy atom. The maximum absolute atomic E-state index is 13.1. The summed E-state index contributed by atoms with van der Waals surface area (Å²) in [5, 5.41) is 0. The van der Waals surface area contributed by atoms with E-state index in [1.807, 2.05) is 0 Å². The zero-order valence-corrected chi connectivity index (χ0v) is 11.4. The summed E-state index contributed by atoms with van der Waals surface area (Å²) in [7, 11) is 0. The van der Waals surface area contributed by atoms with Crippen molar-refractivity contribution < 1.29 is 35.9 Å². The molecule has 21 heavy (non-hydrogen) atoms.